The second kappa shape index (κ2) is 8.55. The molecule has 0 rings (SSSR count). The van der Waals surface area contributed by atoms with Gasteiger partial charge in [0.05, 0.1) is 0 Å². The van der Waals surface area contributed by atoms with E-state index in [4.69, 9.17) is 9.84 Å². The summed E-state index contributed by atoms with van der Waals surface area (Å²) in [7, 11) is 0. The summed E-state index contributed by atoms with van der Waals surface area (Å²) in [5, 5.41) is 10.9. The average molecular weight is 225 g/mol. The smallest absolute Gasteiger partial charge is 0.265 e. The minimum atomic E-state index is -2.83. The molecule has 0 fully saturated rings. The summed E-state index contributed by atoms with van der Waals surface area (Å²) in [5.41, 5.74) is 0. The topological polar surface area (TPSA) is 58.6 Å². The van der Waals surface area contributed by atoms with Gasteiger partial charge in [-0.15, -0.1) is 0 Å². The largest absolute Gasteiger partial charge is 0.385 e. The van der Waals surface area contributed by atoms with E-state index in [1.807, 2.05) is 6.92 Å². The number of amides is 1. The summed E-state index contributed by atoms with van der Waals surface area (Å²) >= 11 is 0. The normalized spacial score (nSPS) is 12.9. The Morgan fingerprint density at radius 3 is 2.73 bits per heavy atom. The molecule has 0 aliphatic heterocycles. The van der Waals surface area contributed by atoms with Crippen molar-refractivity contribution in [3.05, 3.63) is 0 Å². The van der Waals surface area contributed by atoms with Gasteiger partial charge in [0.2, 0.25) is 5.91 Å². The van der Waals surface area contributed by atoms with Gasteiger partial charge in [-0.05, 0) is 13.3 Å². The van der Waals surface area contributed by atoms with Gasteiger partial charge in [0, 0.05) is 26.2 Å². The number of nitrogens with one attached hydrogen (secondary N) is 1. The minimum absolute atomic E-state index is 0.218. The zero-order valence-corrected chi connectivity index (χ0v) is 8.71. The Morgan fingerprint density at radius 1 is 1.53 bits per heavy atom. The number of ether oxygens (including phenoxy) is 1. The number of carbonyl (C=O) groups excluding carboxylic acids is 1. The van der Waals surface area contributed by atoms with Gasteiger partial charge >= 0.3 is 0 Å². The molecule has 0 aromatic rings. The summed E-state index contributed by atoms with van der Waals surface area (Å²) < 4.78 is 28.6. The van der Waals surface area contributed by atoms with Crippen molar-refractivity contribution in [2.45, 2.75) is 32.3 Å². The molecule has 4 nitrogen and oxygen atoms in total. The van der Waals surface area contributed by atoms with E-state index in [9.17, 15) is 13.6 Å². The van der Waals surface area contributed by atoms with Crippen molar-refractivity contribution in [3.8, 4) is 0 Å². The minimum Gasteiger partial charge on any atom is -0.385 e. The first-order chi connectivity index (χ1) is 7.07. The number of rotatable bonds is 8. The number of hydrogen-bond donors (Lipinski definition) is 2. The molecule has 1 atom stereocenters. The number of hydrogen-bond acceptors (Lipinski definition) is 3. The number of alkyl halides is 2. The monoisotopic (exact) mass is 225 g/mol. The third kappa shape index (κ3) is 8.26. The lowest BCUT2D eigenvalue weighted by Gasteiger charge is -2.10. The molecule has 0 aliphatic rings. The van der Waals surface area contributed by atoms with Crippen LogP contribution in [0.25, 0.3) is 0 Å². The molecule has 0 aromatic heterocycles. The van der Waals surface area contributed by atoms with Crippen LogP contribution in [0.15, 0.2) is 0 Å². The van der Waals surface area contributed by atoms with Gasteiger partial charge in [-0.1, -0.05) is 0 Å². The highest BCUT2D eigenvalue weighted by Gasteiger charge is 2.16. The zero-order chi connectivity index (χ0) is 11.7. The van der Waals surface area contributed by atoms with E-state index >= 15 is 0 Å². The highest BCUT2D eigenvalue weighted by Crippen LogP contribution is 1.99. The molecule has 0 bridgehead atoms. The molecule has 0 aliphatic carbocycles. The fourth-order valence-electron chi connectivity index (χ4n) is 0.875. The lowest BCUT2D eigenvalue weighted by molar-refractivity contribution is -0.122. The van der Waals surface area contributed by atoms with Crippen molar-refractivity contribution < 1.29 is 23.4 Å². The molecular weight excluding hydrogens is 208 g/mol. The Balaban J connectivity index is 3.41. The van der Waals surface area contributed by atoms with E-state index in [0.29, 0.717) is 19.6 Å². The molecule has 0 aromatic carbocycles. The van der Waals surface area contributed by atoms with Crippen molar-refractivity contribution in [2.75, 3.05) is 19.8 Å². The zero-order valence-electron chi connectivity index (χ0n) is 8.71. The number of aliphatic hydroxyl groups excluding tert-OH is 1. The van der Waals surface area contributed by atoms with Crippen molar-refractivity contribution in [1.29, 1.82) is 0 Å². The summed E-state index contributed by atoms with van der Waals surface area (Å²) in [6, 6.07) is 0. The summed E-state index contributed by atoms with van der Waals surface area (Å²) in [6.45, 7) is 2.50. The van der Waals surface area contributed by atoms with Gasteiger partial charge in [-0.2, -0.15) is 0 Å². The first-order valence-corrected chi connectivity index (χ1v) is 4.88. The third-order valence-corrected chi connectivity index (χ3v) is 1.70. The Kier molecular flexibility index (Phi) is 8.12. The molecule has 0 radical (unpaired) electrons. The van der Waals surface area contributed by atoms with Crippen molar-refractivity contribution in [2.24, 2.45) is 0 Å². The number of halogens is 2. The maximum absolute atomic E-state index is 11.8. The molecule has 0 saturated carbocycles. The van der Waals surface area contributed by atoms with E-state index in [1.165, 1.54) is 0 Å². The van der Waals surface area contributed by atoms with Crippen LogP contribution in [0.5, 0.6) is 0 Å². The van der Waals surface area contributed by atoms with Crippen molar-refractivity contribution in [1.82, 2.24) is 5.32 Å². The van der Waals surface area contributed by atoms with E-state index in [0.717, 1.165) is 0 Å². The van der Waals surface area contributed by atoms with E-state index in [1.54, 1.807) is 0 Å². The van der Waals surface area contributed by atoms with Gasteiger partial charge in [0.15, 0.2) is 0 Å². The van der Waals surface area contributed by atoms with Gasteiger partial charge in [0.25, 0.3) is 6.43 Å². The second-order valence-corrected chi connectivity index (χ2v) is 3.01. The van der Waals surface area contributed by atoms with Crippen LogP contribution in [-0.4, -0.2) is 43.3 Å². The lowest BCUT2D eigenvalue weighted by atomic mass is 10.3. The molecule has 90 valence electrons. The molecule has 15 heavy (non-hydrogen) atoms. The quantitative estimate of drug-likeness (QED) is 0.593. The van der Waals surface area contributed by atoms with Crippen molar-refractivity contribution in [3.63, 3.8) is 0 Å². The molecule has 2 N–H and O–H groups in total. The van der Waals surface area contributed by atoms with E-state index < -0.39 is 19.1 Å². The van der Waals surface area contributed by atoms with Crippen LogP contribution in [0.2, 0.25) is 0 Å². The third-order valence-electron chi connectivity index (χ3n) is 1.70. The second-order valence-electron chi connectivity index (χ2n) is 3.01. The van der Waals surface area contributed by atoms with E-state index in [2.05, 4.69) is 5.32 Å². The first kappa shape index (κ1) is 14.2. The number of aliphatic hydroxyl groups is 1. The highest BCUT2D eigenvalue weighted by atomic mass is 19.3. The summed E-state index contributed by atoms with van der Waals surface area (Å²) in [4.78, 5) is 11.0. The van der Waals surface area contributed by atoms with Crippen LogP contribution >= 0.6 is 0 Å². The molecule has 6 heteroatoms. The SMILES string of the molecule is CCOCCCC(=O)NCC(O)C(F)F. The van der Waals surface area contributed by atoms with Crippen LogP contribution in [0.1, 0.15) is 19.8 Å². The fourth-order valence-corrected chi connectivity index (χ4v) is 0.875. The van der Waals surface area contributed by atoms with Gasteiger partial charge in [-0.25, -0.2) is 8.78 Å². The Hall–Kier alpha value is -0.750. The lowest BCUT2D eigenvalue weighted by Crippen LogP contribution is -2.35. The average Bonchev–Trinajstić information content (AvgIpc) is 2.20. The molecule has 1 amide bonds. The Bertz CT molecular complexity index is 179. The Labute approximate surface area is 87.6 Å². The Morgan fingerprint density at radius 2 is 2.20 bits per heavy atom. The van der Waals surface area contributed by atoms with Gasteiger partial charge in [0.1, 0.15) is 6.10 Å². The van der Waals surface area contributed by atoms with Crippen molar-refractivity contribution >= 4 is 5.91 Å². The predicted octanol–water partition coefficient (Wildman–Crippen LogP) is 0.545. The van der Waals surface area contributed by atoms with E-state index in [-0.39, 0.29) is 12.3 Å². The maximum atomic E-state index is 11.8. The summed E-state index contributed by atoms with van der Waals surface area (Å²) in [5.74, 6) is -0.352. The van der Waals surface area contributed by atoms with Crippen LogP contribution in [0.4, 0.5) is 8.78 Å². The highest BCUT2D eigenvalue weighted by molar-refractivity contribution is 5.75. The van der Waals surface area contributed by atoms with Gasteiger partial charge < -0.3 is 15.2 Å². The summed E-state index contributed by atoms with van der Waals surface area (Å²) in [6.07, 6.45) is -3.85. The van der Waals surface area contributed by atoms with Crippen LogP contribution in [0, 0.1) is 0 Å². The molecule has 0 saturated heterocycles. The van der Waals surface area contributed by atoms with Crippen LogP contribution in [-0.2, 0) is 9.53 Å². The van der Waals surface area contributed by atoms with Crippen LogP contribution < -0.4 is 5.32 Å². The first-order valence-electron chi connectivity index (χ1n) is 4.88. The van der Waals surface area contributed by atoms with Crippen LogP contribution in [0.3, 0.4) is 0 Å². The van der Waals surface area contributed by atoms with Gasteiger partial charge in [-0.3, -0.25) is 4.79 Å². The molecule has 0 spiro atoms. The molecule has 0 heterocycles. The predicted molar refractivity (Wildman–Crippen MR) is 50.7 cm³/mol. The maximum Gasteiger partial charge on any atom is 0.265 e. The molecular formula is C9H17F2NO3. The molecule has 1 unspecified atom stereocenters. The number of carbonyl (C=O) groups is 1. The fraction of sp³-hybridized carbons (Fsp3) is 0.889. The standard InChI is InChI=1S/C9H17F2NO3/c1-2-15-5-3-4-8(14)12-6-7(13)9(10)11/h7,9,13H,2-6H2,1H3,(H,12,14).